The average molecular weight is 287 g/mol. The molecule has 0 atom stereocenters. The molecule has 1 N–H and O–H groups in total. The maximum Gasteiger partial charge on any atom is 0.221 e. The van der Waals surface area contributed by atoms with Gasteiger partial charge < -0.3 is 5.32 Å². The summed E-state index contributed by atoms with van der Waals surface area (Å²) in [4.78, 5) is 11.4. The third kappa shape index (κ3) is 3.23. The molecule has 0 fully saturated rings. The van der Waals surface area contributed by atoms with Crippen molar-refractivity contribution in [3.63, 3.8) is 0 Å². The van der Waals surface area contributed by atoms with Gasteiger partial charge in [-0.1, -0.05) is 60.7 Å². The predicted molar refractivity (Wildman–Crippen MR) is 91.6 cm³/mol. The topological polar surface area (TPSA) is 29.1 Å². The number of hydrogen-bond donors (Lipinski definition) is 1. The van der Waals surface area contributed by atoms with Gasteiger partial charge in [0.1, 0.15) is 0 Å². The highest BCUT2D eigenvalue weighted by atomic mass is 16.1. The van der Waals surface area contributed by atoms with Crippen LogP contribution >= 0.6 is 0 Å². The number of nitrogens with one attached hydrogen (secondary N) is 1. The Morgan fingerprint density at radius 3 is 1.55 bits per heavy atom. The lowest BCUT2D eigenvalue weighted by atomic mass is 9.98. The van der Waals surface area contributed by atoms with Crippen LogP contribution in [-0.4, -0.2) is 5.91 Å². The summed E-state index contributed by atoms with van der Waals surface area (Å²) in [6.45, 7) is 1.53. The maximum absolute atomic E-state index is 11.4. The fourth-order valence-electron chi connectivity index (χ4n) is 2.50. The van der Waals surface area contributed by atoms with E-state index < -0.39 is 0 Å². The van der Waals surface area contributed by atoms with Gasteiger partial charge in [-0.2, -0.15) is 0 Å². The normalized spacial score (nSPS) is 10.2. The van der Waals surface area contributed by atoms with E-state index in [4.69, 9.17) is 0 Å². The molecule has 3 aromatic carbocycles. The summed E-state index contributed by atoms with van der Waals surface area (Å²) in [5.74, 6) is -0.0655. The van der Waals surface area contributed by atoms with Crippen molar-refractivity contribution in [2.24, 2.45) is 0 Å². The van der Waals surface area contributed by atoms with Crippen LogP contribution < -0.4 is 5.32 Å². The minimum absolute atomic E-state index is 0.0655. The molecular formula is C20H17NO. The molecule has 0 aromatic heterocycles. The lowest BCUT2D eigenvalue weighted by Gasteiger charge is -2.11. The zero-order chi connectivity index (χ0) is 15.4. The Balaban J connectivity index is 2.12. The summed E-state index contributed by atoms with van der Waals surface area (Å²) < 4.78 is 0. The van der Waals surface area contributed by atoms with Crippen LogP contribution in [-0.2, 0) is 4.79 Å². The van der Waals surface area contributed by atoms with Crippen LogP contribution in [0.3, 0.4) is 0 Å². The van der Waals surface area contributed by atoms with Gasteiger partial charge in [-0.15, -0.1) is 0 Å². The number of carbonyl (C=O) groups is 1. The van der Waals surface area contributed by atoms with Crippen LogP contribution in [0.15, 0.2) is 78.9 Å². The lowest BCUT2D eigenvalue weighted by molar-refractivity contribution is -0.114. The molecule has 1 amide bonds. The van der Waals surface area contributed by atoms with E-state index in [9.17, 15) is 4.79 Å². The van der Waals surface area contributed by atoms with Crippen LogP contribution in [0.5, 0.6) is 0 Å². The van der Waals surface area contributed by atoms with E-state index in [2.05, 4.69) is 35.6 Å². The summed E-state index contributed by atoms with van der Waals surface area (Å²) in [7, 11) is 0. The van der Waals surface area contributed by atoms with Gasteiger partial charge in [0.2, 0.25) is 5.91 Å². The van der Waals surface area contributed by atoms with Gasteiger partial charge in [-0.25, -0.2) is 0 Å². The van der Waals surface area contributed by atoms with Gasteiger partial charge >= 0.3 is 0 Å². The second kappa shape index (κ2) is 6.27. The van der Waals surface area contributed by atoms with Crippen LogP contribution in [0.4, 0.5) is 5.69 Å². The fraction of sp³-hybridized carbons (Fsp3) is 0.0500. The molecule has 0 saturated carbocycles. The average Bonchev–Trinajstić information content (AvgIpc) is 2.55. The van der Waals surface area contributed by atoms with Crippen molar-refractivity contribution in [2.75, 3.05) is 5.32 Å². The van der Waals surface area contributed by atoms with E-state index in [1.54, 1.807) is 0 Å². The first-order valence-corrected chi connectivity index (χ1v) is 7.26. The molecule has 0 unspecified atom stereocenters. The van der Waals surface area contributed by atoms with Crippen LogP contribution in [0.2, 0.25) is 0 Å². The summed E-state index contributed by atoms with van der Waals surface area (Å²) in [6, 6.07) is 26.5. The van der Waals surface area contributed by atoms with Gasteiger partial charge in [-0.05, 0) is 40.5 Å². The van der Waals surface area contributed by atoms with Crippen LogP contribution in [0.1, 0.15) is 6.92 Å². The Labute approximate surface area is 130 Å². The van der Waals surface area contributed by atoms with Gasteiger partial charge in [0, 0.05) is 12.6 Å². The predicted octanol–water partition coefficient (Wildman–Crippen LogP) is 4.98. The van der Waals surface area contributed by atoms with Gasteiger partial charge in [0.05, 0.1) is 0 Å². The first kappa shape index (κ1) is 14.1. The maximum atomic E-state index is 11.4. The number of benzene rings is 3. The second-order valence-corrected chi connectivity index (χ2v) is 5.21. The van der Waals surface area contributed by atoms with E-state index >= 15 is 0 Å². The Morgan fingerprint density at radius 1 is 0.682 bits per heavy atom. The van der Waals surface area contributed by atoms with E-state index in [-0.39, 0.29) is 5.91 Å². The molecule has 2 heteroatoms. The zero-order valence-corrected chi connectivity index (χ0v) is 12.4. The Kier molecular flexibility index (Phi) is 4.01. The largest absolute Gasteiger partial charge is 0.326 e. The summed E-state index contributed by atoms with van der Waals surface area (Å²) in [5.41, 5.74) is 5.25. The number of carbonyl (C=O) groups excluding carboxylic acids is 1. The second-order valence-electron chi connectivity index (χ2n) is 5.21. The van der Waals surface area contributed by atoms with Crippen molar-refractivity contribution in [1.29, 1.82) is 0 Å². The lowest BCUT2D eigenvalue weighted by Crippen LogP contribution is -2.05. The van der Waals surface area contributed by atoms with Crippen molar-refractivity contribution < 1.29 is 4.79 Å². The Hall–Kier alpha value is -2.87. The minimum atomic E-state index is -0.0655. The Morgan fingerprint density at radius 2 is 1.14 bits per heavy atom. The first-order valence-electron chi connectivity index (χ1n) is 7.26. The molecule has 0 saturated heterocycles. The molecule has 0 aliphatic rings. The molecule has 0 bridgehead atoms. The molecule has 3 rings (SSSR count). The molecule has 108 valence electrons. The SMILES string of the molecule is CC(=O)Nc1cc(-c2ccccc2)cc(-c2ccccc2)c1. The minimum Gasteiger partial charge on any atom is -0.326 e. The van der Waals surface area contributed by atoms with Crippen molar-refractivity contribution >= 4 is 11.6 Å². The van der Waals surface area contributed by atoms with Gasteiger partial charge in [0.15, 0.2) is 0 Å². The third-order valence-electron chi connectivity index (χ3n) is 3.47. The number of amides is 1. The smallest absolute Gasteiger partial charge is 0.221 e. The molecule has 0 aliphatic carbocycles. The first-order chi connectivity index (χ1) is 10.7. The van der Waals surface area contributed by atoms with E-state index in [0.29, 0.717) is 0 Å². The number of anilines is 1. The standard InChI is InChI=1S/C20H17NO/c1-15(22)21-20-13-18(16-8-4-2-5-9-16)12-19(14-20)17-10-6-3-7-11-17/h2-14H,1H3,(H,21,22). The monoisotopic (exact) mass is 287 g/mol. The quantitative estimate of drug-likeness (QED) is 0.723. The molecule has 0 heterocycles. The zero-order valence-electron chi connectivity index (χ0n) is 12.4. The van der Waals surface area contributed by atoms with E-state index in [1.807, 2.05) is 48.5 Å². The van der Waals surface area contributed by atoms with E-state index in [0.717, 1.165) is 27.9 Å². The highest BCUT2D eigenvalue weighted by Crippen LogP contribution is 2.30. The summed E-state index contributed by atoms with van der Waals surface area (Å²) in [5, 5.41) is 2.89. The highest BCUT2D eigenvalue weighted by molar-refractivity contribution is 5.91. The Bertz CT molecular complexity index is 722. The van der Waals surface area contributed by atoms with Crippen LogP contribution in [0, 0.1) is 0 Å². The third-order valence-corrected chi connectivity index (χ3v) is 3.47. The fourth-order valence-corrected chi connectivity index (χ4v) is 2.50. The van der Waals surface area contributed by atoms with Crippen molar-refractivity contribution in [3.05, 3.63) is 78.9 Å². The molecule has 0 radical (unpaired) electrons. The molecule has 2 nitrogen and oxygen atoms in total. The molecule has 3 aromatic rings. The van der Waals surface area contributed by atoms with Gasteiger partial charge in [0.25, 0.3) is 0 Å². The van der Waals surface area contributed by atoms with Crippen molar-refractivity contribution in [1.82, 2.24) is 0 Å². The molecule has 0 aliphatic heterocycles. The van der Waals surface area contributed by atoms with Crippen LogP contribution in [0.25, 0.3) is 22.3 Å². The van der Waals surface area contributed by atoms with E-state index in [1.165, 1.54) is 6.92 Å². The molecule has 0 spiro atoms. The van der Waals surface area contributed by atoms with Gasteiger partial charge in [-0.3, -0.25) is 4.79 Å². The molecule has 22 heavy (non-hydrogen) atoms. The van der Waals surface area contributed by atoms with Crippen molar-refractivity contribution in [2.45, 2.75) is 6.92 Å². The summed E-state index contributed by atoms with van der Waals surface area (Å²) in [6.07, 6.45) is 0. The molecular weight excluding hydrogens is 270 g/mol. The summed E-state index contributed by atoms with van der Waals surface area (Å²) >= 11 is 0. The number of hydrogen-bond acceptors (Lipinski definition) is 1. The van der Waals surface area contributed by atoms with Crippen molar-refractivity contribution in [3.8, 4) is 22.3 Å². The number of rotatable bonds is 3. The highest BCUT2D eigenvalue weighted by Gasteiger charge is 2.06.